The van der Waals surface area contributed by atoms with Crippen LogP contribution in [0.5, 0.6) is 0 Å². The first-order chi connectivity index (χ1) is 9.96. The second-order valence-electron chi connectivity index (χ2n) is 6.52. The van der Waals surface area contributed by atoms with E-state index >= 15 is 0 Å². The second kappa shape index (κ2) is 5.16. The lowest BCUT2D eigenvalue weighted by atomic mass is 9.95. The van der Waals surface area contributed by atoms with Crippen LogP contribution >= 0.6 is 0 Å². The van der Waals surface area contributed by atoms with Crippen LogP contribution in [0.2, 0.25) is 0 Å². The molecule has 0 saturated carbocycles. The molecule has 3 rings (SSSR count). The van der Waals surface area contributed by atoms with Crippen LogP contribution in [-0.4, -0.2) is 38.4 Å². The third-order valence-electron chi connectivity index (χ3n) is 4.12. The zero-order valence-corrected chi connectivity index (χ0v) is 12.9. The molecule has 1 unspecified atom stereocenters. The molecule has 3 heterocycles. The highest BCUT2D eigenvalue weighted by atomic mass is 16.7. The molecule has 1 fully saturated rings. The predicted octanol–water partition coefficient (Wildman–Crippen LogP) is 2.03. The predicted molar refractivity (Wildman–Crippen MR) is 78.7 cm³/mol. The Bertz CT molecular complexity index is 576. The number of piperidine rings is 1. The van der Waals surface area contributed by atoms with Gasteiger partial charge in [-0.1, -0.05) is 5.16 Å². The Morgan fingerprint density at radius 2 is 2.24 bits per heavy atom. The van der Waals surface area contributed by atoms with E-state index in [4.69, 9.17) is 4.84 Å². The van der Waals surface area contributed by atoms with Crippen molar-refractivity contribution >= 4 is 11.6 Å². The van der Waals surface area contributed by atoms with Crippen molar-refractivity contribution < 1.29 is 9.63 Å². The van der Waals surface area contributed by atoms with Gasteiger partial charge in [0, 0.05) is 31.8 Å². The Labute approximate surface area is 124 Å². The van der Waals surface area contributed by atoms with Gasteiger partial charge >= 0.3 is 0 Å². The molecule has 1 atom stereocenters. The van der Waals surface area contributed by atoms with Gasteiger partial charge in [0.2, 0.25) is 0 Å². The molecule has 0 N–H and O–H groups in total. The summed E-state index contributed by atoms with van der Waals surface area (Å²) in [5.41, 5.74) is 1.27. The fraction of sp³-hybridized carbons (Fsp3) is 0.667. The molecule has 6 heteroatoms. The molecule has 2 aliphatic rings. The van der Waals surface area contributed by atoms with E-state index in [1.807, 2.05) is 38.2 Å². The number of carbonyl (C=O) groups is 1. The van der Waals surface area contributed by atoms with Gasteiger partial charge in [-0.25, -0.2) is 0 Å². The minimum absolute atomic E-state index is 0.00845. The molecule has 1 aromatic heterocycles. The van der Waals surface area contributed by atoms with Crippen LogP contribution in [0.3, 0.4) is 0 Å². The van der Waals surface area contributed by atoms with E-state index in [1.54, 1.807) is 4.68 Å². The SMILES string of the molecule is Cn1cc(C2CCCCN2C(=O)C2=NOC(C)(C)C2)cn1. The minimum atomic E-state index is -0.370. The standard InChI is InChI=1S/C15H22N4O2/c1-15(2)8-12(17-21-15)14(20)19-7-5-4-6-13(19)11-9-16-18(3)10-11/h9-10,13H,4-8H2,1-3H3. The summed E-state index contributed by atoms with van der Waals surface area (Å²) in [4.78, 5) is 20.0. The second-order valence-corrected chi connectivity index (χ2v) is 6.52. The van der Waals surface area contributed by atoms with E-state index in [-0.39, 0.29) is 17.6 Å². The Morgan fingerprint density at radius 1 is 1.43 bits per heavy atom. The third kappa shape index (κ3) is 2.80. The average Bonchev–Trinajstić information content (AvgIpc) is 3.04. The molecular formula is C15H22N4O2. The van der Waals surface area contributed by atoms with Gasteiger partial charge in [0.25, 0.3) is 5.91 Å². The van der Waals surface area contributed by atoms with Crippen molar-refractivity contribution in [1.29, 1.82) is 0 Å². The number of carbonyl (C=O) groups excluding carboxylic acids is 1. The van der Waals surface area contributed by atoms with Crippen LogP contribution in [0.1, 0.15) is 51.1 Å². The first-order valence-electron chi connectivity index (χ1n) is 7.51. The zero-order chi connectivity index (χ0) is 15.0. The maximum absolute atomic E-state index is 12.8. The summed E-state index contributed by atoms with van der Waals surface area (Å²) in [5, 5.41) is 8.23. The van der Waals surface area contributed by atoms with Crippen LogP contribution in [0.15, 0.2) is 17.5 Å². The highest BCUT2D eigenvalue weighted by molar-refractivity contribution is 6.39. The molecule has 21 heavy (non-hydrogen) atoms. The van der Waals surface area contributed by atoms with Crippen LogP contribution in [0.4, 0.5) is 0 Å². The monoisotopic (exact) mass is 290 g/mol. The first-order valence-corrected chi connectivity index (χ1v) is 7.51. The molecule has 0 spiro atoms. The topological polar surface area (TPSA) is 59.7 Å². The zero-order valence-electron chi connectivity index (χ0n) is 12.9. The van der Waals surface area contributed by atoms with Crippen LogP contribution in [0, 0.1) is 0 Å². The lowest BCUT2D eigenvalue weighted by molar-refractivity contribution is -0.127. The van der Waals surface area contributed by atoms with Gasteiger partial charge in [-0.3, -0.25) is 9.48 Å². The minimum Gasteiger partial charge on any atom is -0.389 e. The molecular weight excluding hydrogens is 268 g/mol. The number of hydrogen-bond acceptors (Lipinski definition) is 4. The fourth-order valence-corrected chi connectivity index (χ4v) is 3.06. The lowest BCUT2D eigenvalue weighted by Gasteiger charge is -2.35. The smallest absolute Gasteiger partial charge is 0.272 e. The molecule has 0 aromatic carbocycles. The summed E-state index contributed by atoms with van der Waals surface area (Å²) in [6.45, 7) is 4.68. The summed E-state index contributed by atoms with van der Waals surface area (Å²) in [7, 11) is 1.90. The highest BCUT2D eigenvalue weighted by Gasteiger charge is 2.37. The van der Waals surface area contributed by atoms with Crippen molar-refractivity contribution in [3.63, 3.8) is 0 Å². The highest BCUT2D eigenvalue weighted by Crippen LogP contribution is 2.32. The Balaban J connectivity index is 1.80. The molecule has 114 valence electrons. The maximum Gasteiger partial charge on any atom is 0.272 e. The van der Waals surface area contributed by atoms with Gasteiger partial charge in [0.05, 0.1) is 12.2 Å². The molecule has 0 aliphatic carbocycles. The van der Waals surface area contributed by atoms with Crippen molar-refractivity contribution in [2.45, 2.75) is 51.2 Å². The largest absolute Gasteiger partial charge is 0.389 e. The molecule has 1 saturated heterocycles. The molecule has 1 aromatic rings. The normalized spacial score (nSPS) is 24.6. The first kappa shape index (κ1) is 14.1. The van der Waals surface area contributed by atoms with Gasteiger partial charge in [-0.15, -0.1) is 0 Å². The van der Waals surface area contributed by atoms with Crippen molar-refractivity contribution in [2.75, 3.05) is 6.54 Å². The number of aryl methyl sites for hydroxylation is 1. The van der Waals surface area contributed by atoms with Gasteiger partial charge in [-0.05, 0) is 33.1 Å². The van der Waals surface area contributed by atoms with Crippen LogP contribution in [-0.2, 0) is 16.7 Å². The number of hydrogen-bond donors (Lipinski definition) is 0. The van der Waals surface area contributed by atoms with E-state index in [2.05, 4.69) is 10.3 Å². The van der Waals surface area contributed by atoms with Gasteiger partial charge in [0.15, 0.2) is 0 Å². The van der Waals surface area contributed by atoms with Crippen LogP contribution < -0.4 is 0 Å². The summed E-state index contributed by atoms with van der Waals surface area (Å²) in [6, 6.07) is 0.103. The van der Waals surface area contributed by atoms with E-state index in [9.17, 15) is 4.79 Å². The number of oxime groups is 1. The van der Waals surface area contributed by atoms with Gasteiger partial charge < -0.3 is 9.74 Å². The number of rotatable bonds is 2. The lowest BCUT2D eigenvalue weighted by Crippen LogP contribution is -2.42. The van der Waals surface area contributed by atoms with E-state index in [1.165, 1.54) is 0 Å². The number of likely N-dealkylation sites (tertiary alicyclic amines) is 1. The summed E-state index contributed by atoms with van der Waals surface area (Å²) in [5.74, 6) is 0.00845. The maximum atomic E-state index is 12.8. The number of nitrogens with zero attached hydrogens (tertiary/aromatic N) is 4. The number of aromatic nitrogens is 2. The van der Waals surface area contributed by atoms with E-state index in [0.717, 1.165) is 31.4 Å². The van der Waals surface area contributed by atoms with Crippen molar-refractivity contribution in [1.82, 2.24) is 14.7 Å². The van der Waals surface area contributed by atoms with Crippen molar-refractivity contribution in [3.05, 3.63) is 18.0 Å². The Kier molecular flexibility index (Phi) is 3.47. The van der Waals surface area contributed by atoms with E-state index in [0.29, 0.717) is 12.1 Å². The van der Waals surface area contributed by atoms with Crippen molar-refractivity contribution in [3.8, 4) is 0 Å². The molecule has 1 amide bonds. The molecule has 6 nitrogen and oxygen atoms in total. The van der Waals surface area contributed by atoms with Crippen LogP contribution in [0.25, 0.3) is 0 Å². The Morgan fingerprint density at radius 3 is 2.86 bits per heavy atom. The molecule has 0 radical (unpaired) electrons. The quantitative estimate of drug-likeness (QED) is 0.837. The third-order valence-corrected chi connectivity index (χ3v) is 4.12. The number of amides is 1. The average molecular weight is 290 g/mol. The van der Waals surface area contributed by atoms with Gasteiger partial charge in [0.1, 0.15) is 11.3 Å². The van der Waals surface area contributed by atoms with Crippen molar-refractivity contribution in [2.24, 2.45) is 12.2 Å². The fourth-order valence-electron chi connectivity index (χ4n) is 3.06. The Hall–Kier alpha value is -1.85. The van der Waals surface area contributed by atoms with E-state index < -0.39 is 0 Å². The van der Waals surface area contributed by atoms with Gasteiger partial charge in [-0.2, -0.15) is 5.10 Å². The summed E-state index contributed by atoms with van der Waals surface area (Å²) in [6.07, 6.45) is 7.58. The summed E-state index contributed by atoms with van der Waals surface area (Å²) >= 11 is 0. The summed E-state index contributed by atoms with van der Waals surface area (Å²) < 4.78 is 1.78. The molecule has 2 aliphatic heterocycles. The molecule has 0 bridgehead atoms.